The number of hydrogen-bond donors (Lipinski definition) is 0. The van der Waals surface area contributed by atoms with Crippen LogP contribution < -0.4 is 0 Å². The van der Waals surface area contributed by atoms with Crippen molar-refractivity contribution in [1.29, 1.82) is 0 Å². The Morgan fingerprint density at radius 2 is 2.41 bits per heavy atom. The Kier molecular flexibility index (Phi) is 3.86. The maximum absolute atomic E-state index is 11.4. The molecule has 1 atom stereocenters. The topological polar surface area (TPSA) is 38.8 Å². The van der Waals surface area contributed by atoms with Crippen molar-refractivity contribution in [3.8, 4) is 0 Å². The molecule has 5 heteroatoms. The van der Waals surface area contributed by atoms with E-state index in [0.29, 0.717) is 24.7 Å². The van der Waals surface area contributed by atoms with E-state index in [-0.39, 0.29) is 12.2 Å². The van der Waals surface area contributed by atoms with Crippen LogP contribution in [0.25, 0.3) is 0 Å². The Bertz CT molecular complexity index is 410. The molecule has 1 aliphatic rings. The van der Waals surface area contributed by atoms with E-state index in [9.17, 15) is 4.79 Å². The van der Waals surface area contributed by atoms with Crippen molar-refractivity contribution < 1.29 is 14.3 Å². The number of ether oxygens (including phenoxy) is 2. The van der Waals surface area contributed by atoms with Gasteiger partial charge in [-0.25, -0.2) is 4.79 Å². The van der Waals surface area contributed by atoms with Gasteiger partial charge in [-0.1, -0.05) is 23.7 Å². The van der Waals surface area contributed by atoms with Crippen molar-refractivity contribution in [2.45, 2.75) is 6.10 Å². The minimum absolute atomic E-state index is 0.137. The van der Waals surface area contributed by atoms with Crippen LogP contribution in [0.2, 0.25) is 5.02 Å². The van der Waals surface area contributed by atoms with Crippen molar-refractivity contribution in [3.05, 3.63) is 34.9 Å². The molecule has 0 saturated carbocycles. The zero-order chi connectivity index (χ0) is 12.3. The zero-order valence-corrected chi connectivity index (χ0v) is 10.3. The summed E-state index contributed by atoms with van der Waals surface area (Å²) in [5.74, 6) is 0. The number of carbonyl (C=O) groups is 1. The van der Waals surface area contributed by atoms with Crippen LogP contribution in [0.4, 0.5) is 4.79 Å². The smallest absolute Gasteiger partial charge is 0.409 e. The number of amides is 1. The first kappa shape index (κ1) is 12.2. The summed E-state index contributed by atoms with van der Waals surface area (Å²) in [4.78, 5) is 13.1. The third kappa shape index (κ3) is 2.90. The molecule has 0 radical (unpaired) electrons. The van der Waals surface area contributed by atoms with Crippen LogP contribution in [-0.2, 0) is 9.47 Å². The number of benzene rings is 1. The van der Waals surface area contributed by atoms with Gasteiger partial charge < -0.3 is 14.4 Å². The molecule has 17 heavy (non-hydrogen) atoms. The van der Waals surface area contributed by atoms with E-state index < -0.39 is 0 Å². The van der Waals surface area contributed by atoms with E-state index in [0.717, 1.165) is 5.56 Å². The number of hydrogen-bond acceptors (Lipinski definition) is 3. The van der Waals surface area contributed by atoms with E-state index in [1.165, 1.54) is 7.11 Å². The Balaban J connectivity index is 2.09. The van der Waals surface area contributed by atoms with E-state index >= 15 is 0 Å². The number of carbonyl (C=O) groups excluding carboxylic acids is 1. The van der Waals surface area contributed by atoms with Gasteiger partial charge in [0.25, 0.3) is 0 Å². The quantitative estimate of drug-likeness (QED) is 0.774. The van der Waals surface area contributed by atoms with Gasteiger partial charge in [0, 0.05) is 11.6 Å². The van der Waals surface area contributed by atoms with E-state index in [1.54, 1.807) is 4.90 Å². The first-order valence-corrected chi connectivity index (χ1v) is 5.78. The van der Waals surface area contributed by atoms with E-state index in [4.69, 9.17) is 21.1 Å². The fourth-order valence-electron chi connectivity index (χ4n) is 1.85. The summed E-state index contributed by atoms with van der Waals surface area (Å²) >= 11 is 5.93. The number of rotatable bonds is 1. The average molecular weight is 256 g/mol. The van der Waals surface area contributed by atoms with Gasteiger partial charge >= 0.3 is 6.09 Å². The van der Waals surface area contributed by atoms with Gasteiger partial charge in [-0.3, -0.25) is 0 Å². The van der Waals surface area contributed by atoms with Crippen LogP contribution in [0, 0.1) is 0 Å². The highest BCUT2D eigenvalue weighted by Gasteiger charge is 2.25. The van der Waals surface area contributed by atoms with Gasteiger partial charge in [-0.2, -0.15) is 0 Å². The summed E-state index contributed by atoms with van der Waals surface area (Å²) in [6.07, 6.45) is -0.457. The number of methoxy groups -OCH3 is 1. The normalized spacial score (nSPS) is 20.1. The lowest BCUT2D eigenvalue weighted by Crippen LogP contribution is -2.42. The minimum atomic E-state index is -0.319. The van der Waals surface area contributed by atoms with Crippen molar-refractivity contribution in [2.75, 3.05) is 26.8 Å². The van der Waals surface area contributed by atoms with E-state index in [2.05, 4.69) is 0 Å². The Morgan fingerprint density at radius 3 is 3.12 bits per heavy atom. The number of nitrogens with zero attached hydrogens (tertiary/aromatic N) is 1. The molecule has 1 amide bonds. The second-order valence-corrected chi connectivity index (χ2v) is 4.27. The lowest BCUT2D eigenvalue weighted by atomic mass is 10.1. The SMILES string of the molecule is COC(=O)N1CCOC(c2cccc(Cl)c2)C1. The van der Waals surface area contributed by atoms with Crippen LogP contribution in [0.1, 0.15) is 11.7 Å². The van der Waals surface area contributed by atoms with E-state index in [1.807, 2.05) is 24.3 Å². The molecule has 1 aromatic carbocycles. The Morgan fingerprint density at radius 1 is 1.59 bits per heavy atom. The lowest BCUT2D eigenvalue weighted by molar-refractivity contribution is -0.0258. The van der Waals surface area contributed by atoms with Crippen LogP contribution >= 0.6 is 11.6 Å². The summed E-state index contributed by atoms with van der Waals surface area (Å²) in [5.41, 5.74) is 0.978. The molecule has 0 aromatic heterocycles. The molecule has 2 rings (SSSR count). The van der Waals surface area contributed by atoms with Crippen LogP contribution in [0.15, 0.2) is 24.3 Å². The van der Waals surface area contributed by atoms with Gasteiger partial charge in [0.05, 0.1) is 20.3 Å². The Labute approximate surface area is 105 Å². The largest absolute Gasteiger partial charge is 0.453 e. The third-order valence-electron chi connectivity index (χ3n) is 2.72. The molecule has 0 bridgehead atoms. The second kappa shape index (κ2) is 5.38. The maximum atomic E-state index is 11.4. The highest BCUT2D eigenvalue weighted by atomic mass is 35.5. The molecule has 1 heterocycles. The first-order chi connectivity index (χ1) is 8.20. The molecule has 1 fully saturated rings. The van der Waals surface area contributed by atoms with Gasteiger partial charge in [0.2, 0.25) is 0 Å². The summed E-state index contributed by atoms with van der Waals surface area (Å²) in [6.45, 7) is 1.56. The molecule has 1 aliphatic heterocycles. The van der Waals surface area contributed by atoms with Crippen molar-refractivity contribution in [1.82, 2.24) is 4.90 Å². The van der Waals surface area contributed by atoms with Crippen molar-refractivity contribution in [3.63, 3.8) is 0 Å². The number of morpholine rings is 1. The van der Waals surface area contributed by atoms with Gasteiger partial charge in [0.15, 0.2) is 0 Å². The van der Waals surface area contributed by atoms with Crippen LogP contribution in [0.5, 0.6) is 0 Å². The monoisotopic (exact) mass is 255 g/mol. The third-order valence-corrected chi connectivity index (χ3v) is 2.95. The predicted octanol–water partition coefficient (Wildman–Crippen LogP) is 2.48. The molecule has 1 unspecified atom stereocenters. The predicted molar refractivity (Wildman–Crippen MR) is 64.1 cm³/mol. The maximum Gasteiger partial charge on any atom is 0.409 e. The standard InChI is InChI=1S/C12H14ClNO3/c1-16-12(15)14-5-6-17-11(8-14)9-3-2-4-10(13)7-9/h2-4,7,11H,5-6,8H2,1H3. The van der Waals surface area contributed by atoms with Crippen LogP contribution in [0.3, 0.4) is 0 Å². The zero-order valence-electron chi connectivity index (χ0n) is 9.56. The molecular weight excluding hydrogens is 242 g/mol. The first-order valence-electron chi connectivity index (χ1n) is 5.40. The fraction of sp³-hybridized carbons (Fsp3) is 0.417. The van der Waals surface area contributed by atoms with Crippen LogP contribution in [-0.4, -0.2) is 37.8 Å². The number of halogens is 1. The Hall–Kier alpha value is -1.26. The minimum Gasteiger partial charge on any atom is -0.453 e. The molecule has 0 N–H and O–H groups in total. The summed E-state index contributed by atoms with van der Waals surface area (Å²) in [7, 11) is 1.38. The van der Waals surface area contributed by atoms with Gasteiger partial charge in [0.1, 0.15) is 6.10 Å². The fourth-order valence-corrected chi connectivity index (χ4v) is 2.05. The van der Waals surface area contributed by atoms with Gasteiger partial charge in [-0.05, 0) is 17.7 Å². The van der Waals surface area contributed by atoms with Crippen molar-refractivity contribution >= 4 is 17.7 Å². The molecule has 0 aliphatic carbocycles. The summed E-state index contributed by atoms with van der Waals surface area (Å²) in [5, 5.41) is 0.668. The molecule has 4 nitrogen and oxygen atoms in total. The summed E-state index contributed by atoms with van der Waals surface area (Å²) in [6, 6.07) is 7.48. The molecule has 0 spiro atoms. The average Bonchev–Trinajstić information content (AvgIpc) is 2.38. The highest BCUT2D eigenvalue weighted by Crippen LogP contribution is 2.24. The molecule has 92 valence electrons. The molecule has 1 saturated heterocycles. The second-order valence-electron chi connectivity index (χ2n) is 3.83. The molecular formula is C12H14ClNO3. The summed E-state index contributed by atoms with van der Waals surface area (Å²) < 4.78 is 10.3. The van der Waals surface area contributed by atoms with Crippen molar-refractivity contribution in [2.24, 2.45) is 0 Å². The highest BCUT2D eigenvalue weighted by molar-refractivity contribution is 6.30. The molecule has 1 aromatic rings. The van der Waals surface area contributed by atoms with Gasteiger partial charge in [-0.15, -0.1) is 0 Å². The lowest BCUT2D eigenvalue weighted by Gasteiger charge is -2.32.